The van der Waals surface area contributed by atoms with E-state index in [0.717, 1.165) is 19.0 Å². The van der Waals surface area contributed by atoms with Crippen LogP contribution < -0.4 is 23.8 Å². The van der Waals surface area contributed by atoms with Crippen molar-refractivity contribution in [2.45, 2.75) is 12.8 Å². The van der Waals surface area contributed by atoms with Gasteiger partial charge in [-0.05, 0) is 12.8 Å². The van der Waals surface area contributed by atoms with Crippen LogP contribution in [-0.4, -0.2) is 25.4 Å². The van der Waals surface area contributed by atoms with Crippen molar-refractivity contribution in [3.8, 4) is 0 Å². The second-order valence-corrected chi connectivity index (χ2v) is 4.50. The van der Waals surface area contributed by atoms with Gasteiger partial charge in [-0.15, -0.1) is 0 Å². The number of carbonyl (C=O) groups excluding carboxylic acids is 1. The average Bonchev–Trinajstić information content (AvgIpc) is 1.98. The third-order valence-electron chi connectivity index (χ3n) is 3.69. The maximum Gasteiger partial charge on any atom is 1.00 e. The van der Waals surface area contributed by atoms with Crippen LogP contribution in [0.4, 0.5) is 0 Å². The second kappa shape index (κ2) is 2.87. The Kier molecular flexibility index (Phi) is 2.11. The second-order valence-electron chi connectivity index (χ2n) is 4.50. The van der Waals surface area contributed by atoms with Gasteiger partial charge in [0.15, 0.2) is 0 Å². The van der Waals surface area contributed by atoms with Crippen molar-refractivity contribution in [1.29, 1.82) is 0 Å². The van der Waals surface area contributed by atoms with Gasteiger partial charge >= 0.3 is 18.9 Å². The molecular formula is C9H14LiNO+2. The number of Topliss-reactive ketones (excluding diaryl/α,β-unsaturated/α-hetero) is 1. The maximum atomic E-state index is 11.6. The molecule has 3 saturated heterocycles. The minimum absolute atomic E-state index is 0. The van der Waals surface area contributed by atoms with Crippen LogP contribution in [0, 0.1) is 17.8 Å². The average molecular weight is 159 g/mol. The molecule has 4 fully saturated rings. The van der Waals surface area contributed by atoms with Gasteiger partial charge in [0.05, 0.1) is 31.5 Å². The summed E-state index contributed by atoms with van der Waals surface area (Å²) in [6.07, 6.45) is 2.44. The Hall–Kier alpha value is 0.227. The van der Waals surface area contributed by atoms with Gasteiger partial charge in [-0.3, -0.25) is 4.79 Å². The Labute approximate surface area is 84.9 Å². The van der Waals surface area contributed by atoms with E-state index in [1.165, 1.54) is 19.4 Å². The third kappa shape index (κ3) is 1.09. The number of rotatable bonds is 0. The maximum absolute atomic E-state index is 11.6. The van der Waals surface area contributed by atoms with E-state index in [4.69, 9.17) is 0 Å². The van der Waals surface area contributed by atoms with Crippen molar-refractivity contribution in [2.75, 3.05) is 19.6 Å². The zero-order chi connectivity index (χ0) is 7.42. The summed E-state index contributed by atoms with van der Waals surface area (Å²) in [6, 6.07) is 0. The Morgan fingerprint density at radius 1 is 1.08 bits per heavy atom. The van der Waals surface area contributed by atoms with Crippen LogP contribution in [0.15, 0.2) is 0 Å². The molecule has 0 radical (unpaired) electrons. The van der Waals surface area contributed by atoms with E-state index < -0.39 is 0 Å². The molecule has 4 rings (SSSR count). The fourth-order valence-corrected chi connectivity index (χ4v) is 3.36. The van der Waals surface area contributed by atoms with Gasteiger partial charge in [-0.25, -0.2) is 0 Å². The molecule has 4 bridgehead atoms. The van der Waals surface area contributed by atoms with Crippen molar-refractivity contribution in [2.24, 2.45) is 17.8 Å². The monoisotopic (exact) mass is 159 g/mol. The van der Waals surface area contributed by atoms with Gasteiger partial charge in [0.1, 0.15) is 5.78 Å². The first-order chi connectivity index (χ1) is 5.33. The molecule has 2 nitrogen and oxygen atoms in total. The number of nitrogens with one attached hydrogen (secondary N) is 1. The fraction of sp³-hybridized carbons (Fsp3) is 0.889. The molecule has 60 valence electrons. The largest absolute Gasteiger partial charge is 1.00 e. The fourth-order valence-electron chi connectivity index (χ4n) is 3.36. The summed E-state index contributed by atoms with van der Waals surface area (Å²) in [5.41, 5.74) is 0. The van der Waals surface area contributed by atoms with Gasteiger partial charge in [-0.1, -0.05) is 0 Å². The molecule has 1 aliphatic carbocycles. The quantitative estimate of drug-likeness (QED) is 0.359. The van der Waals surface area contributed by atoms with Crippen LogP contribution in [0.5, 0.6) is 0 Å². The van der Waals surface area contributed by atoms with Crippen LogP contribution >= 0.6 is 0 Å². The number of hydrogen-bond donors (Lipinski definition) is 1. The SMILES string of the molecule is O=C1[C@@H]2CC3C[C@H]1C[NH+](C3)C2.[Li+]. The predicted molar refractivity (Wildman–Crippen MR) is 40.3 cm³/mol. The summed E-state index contributed by atoms with van der Waals surface area (Å²) in [5, 5.41) is 0. The Bertz CT molecular complexity index is 187. The summed E-state index contributed by atoms with van der Waals surface area (Å²) in [6.45, 7) is 3.68. The van der Waals surface area contributed by atoms with Crippen molar-refractivity contribution in [3.05, 3.63) is 0 Å². The summed E-state index contributed by atoms with van der Waals surface area (Å²) in [4.78, 5) is 13.3. The number of hydrogen-bond acceptors (Lipinski definition) is 1. The molecule has 1 N–H and O–H groups in total. The van der Waals surface area contributed by atoms with Crippen LogP contribution in [0.1, 0.15) is 12.8 Å². The summed E-state index contributed by atoms with van der Waals surface area (Å²) in [7, 11) is 0. The molecule has 3 heteroatoms. The van der Waals surface area contributed by atoms with Gasteiger partial charge in [-0.2, -0.15) is 0 Å². The van der Waals surface area contributed by atoms with E-state index >= 15 is 0 Å². The van der Waals surface area contributed by atoms with Gasteiger partial charge in [0.2, 0.25) is 0 Å². The molecule has 3 aliphatic heterocycles. The normalized spacial score (nSPS) is 49.2. The number of piperidine rings is 3. The first kappa shape index (κ1) is 8.81. The van der Waals surface area contributed by atoms with Crippen molar-refractivity contribution < 1.29 is 28.6 Å². The molecule has 0 aromatic heterocycles. The molecule has 0 spiro atoms. The van der Waals surface area contributed by atoms with Gasteiger partial charge in [0, 0.05) is 5.92 Å². The Morgan fingerprint density at radius 2 is 1.67 bits per heavy atom. The molecule has 0 aromatic rings. The van der Waals surface area contributed by atoms with Crippen molar-refractivity contribution in [3.63, 3.8) is 0 Å². The van der Waals surface area contributed by atoms with Gasteiger partial charge < -0.3 is 4.90 Å². The van der Waals surface area contributed by atoms with E-state index in [1.807, 2.05) is 0 Å². The first-order valence-electron chi connectivity index (χ1n) is 4.70. The standard InChI is InChI=1S/C9H13NO.Li/c11-9-7-1-6-2-8(9)5-10(3-6)4-7;/h6-8H,1-5H2;/q;+1/p+1/t6?,7-,8+;. The van der Waals surface area contributed by atoms with Crippen LogP contribution in [-0.2, 0) is 4.79 Å². The predicted octanol–water partition coefficient (Wildman–Crippen LogP) is -3.89. The Morgan fingerprint density at radius 3 is 2.17 bits per heavy atom. The van der Waals surface area contributed by atoms with E-state index in [-0.39, 0.29) is 18.9 Å². The summed E-state index contributed by atoms with van der Waals surface area (Å²) >= 11 is 0. The van der Waals surface area contributed by atoms with E-state index in [2.05, 4.69) is 0 Å². The van der Waals surface area contributed by atoms with Crippen molar-refractivity contribution in [1.82, 2.24) is 0 Å². The van der Waals surface area contributed by atoms with E-state index in [1.54, 1.807) is 4.90 Å². The number of carbonyl (C=O) groups is 1. The minimum Gasteiger partial charge on any atom is -0.334 e. The third-order valence-corrected chi connectivity index (χ3v) is 3.69. The molecule has 2 unspecified atom stereocenters. The summed E-state index contributed by atoms with van der Waals surface area (Å²) < 4.78 is 0. The molecule has 12 heavy (non-hydrogen) atoms. The zero-order valence-electron chi connectivity index (χ0n) is 7.68. The van der Waals surface area contributed by atoms with E-state index in [9.17, 15) is 4.79 Å². The molecule has 3 heterocycles. The molecule has 0 amide bonds. The molecule has 1 saturated carbocycles. The molecule has 0 aromatic carbocycles. The number of ketones is 1. The van der Waals surface area contributed by atoms with E-state index in [0.29, 0.717) is 17.6 Å². The van der Waals surface area contributed by atoms with Crippen LogP contribution in [0.25, 0.3) is 0 Å². The summed E-state index contributed by atoms with van der Waals surface area (Å²) in [5.74, 6) is 2.44. The topological polar surface area (TPSA) is 21.5 Å². The smallest absolute Gasteiger partial charge is 0.334 e. The molecule has 4 aliphatic rings. The van der Waals surface area contributed by atoms with Crippen LogP contribution in [0.3, 0.4) is 0 Å². The van der Waals surface area contributed by atoms with Crippen LogP contribution in [0.2, 0.25) is 0 Å². The van der Waals surface area contributed by atoms with Crippen molar-refractivity contribution >= 4 is 5.78 Å². The number of quaternary nitrogens is 1. The molecule has 4 atom stereocenters. The first-order valence-corrected chi connectivity index (χ1v) is 4.70. The van der Waals surface area contributed by atoms with Gasteiger partial charge in [0.25, 0.3) is 0 Å². The molecular weight excluding hydrogens is 145 g/mol. The zero-order valence-corrected chi connectivity index (χ0v) is 7.68. The Balaban J connectivity index is 0.000000563. The minimum atomic E-state index is 0.